The van der Waals surface area contributed by atoms with E-state index < -0.39 is 0 Å². The van der Waals surface area contributed by atoms with Gasteiger partial charge in [0.25, 0.3) is 0 Å². The standard InChI is InChI=1S/C49H25N3/c50-26-29-12-16-31(17-13-29)41-22-47-43(36-9-4-3-8-35(36)41)23-42(32-18-14-30(27-51)15-19-32)46-24-44-39-11-5-10-38-37(34-7-2-1-6-33(34)28-52)20-21-40(49(38)39)45(44)25-48(46)47/h1-25H. The molecule has 0 radical (unpaired) electrons. The zero-order chi connectivity index (χ0) is 34.9. The molecule has 52 heavy (non-hydrogen) atoms. The van der Waals surface area contributed by atoms with Crippen molar-refractivity contribution < 1.29 is 0 Å². The molecule has 0 unspecified atom stereocenters. The van der Waals surface area contributed by atoms with Gasteiger partial charge in [-0.3, -0.25) is 0 Å². The van der Waals surface area contributed by atoms with E-state index in [2.05, 4.69) is 97.1 Å². The molecule has 0 saturated heterocycles. The number of hydrogen-bond acceptors (Lipinski definition) is 3. The first-order valence-electron chi connectivity index (χ1n) is 17.2. The molecule has 0 aromatic heterocycles. The van der Waals surface area contributed by atoms with Crippen LogP contribution in [0.1, 0.15) is 16.7 Å². The molecule has 0 N–H and O–H groups in total. The number of rotatable bonds is 3. The fourth-order valence-corrected chi connectivity index (χ4v) is 8.32. The van der Waals surface area contributed by atoms with Crippen LogP contribution in [-0.4, -0.2) is 0 Å². The molecule has 0 heterocycles. The van der Waals surface area contributed by atoms with Crippen LogP contribution in [0.4, 0.5) is 0 Å². The molecule has 10 rings (SSSR count). The van der Waals surface area contributed by atoms with E-state index in [1.807, 2.05) is 72.8 Å². The Labute approximate surface area is 300 Å². The van der Waals surface area contributed by atoms with Gasteiger partial charge in [-0.05, 0) is 148 Å². The van der Waals surface area contributed by atoms with E-state index >= 15 is 0 Å². The van der Waals surface area contributed by atoms with Crippen LogP contribution >= 0.6 is 0 Å². The van der Waals surface area contributed by atoms with Crippen molar-refractivity contribution in [2.75, 3.05) is 0 Å². The van der Waals surface area contributed by atoms with E-state index in [1.165, 1.54) is 27.6 Å². The Kier molecular flexibility index (Phi) is 6.37. The molecule has 3 heteroatoms. The van der Waals surface area contributed by atoms with Gasteiger partial charge < -0.3 is 0 Å². The Hall–Kier alpha value is -7.51. The van der Waals surface area contributed by atoms with Crippen molar-refractivity contribution in [2.24, 2.45) is 0 Å². The highest BCUT2D eigenvalue weighted by Gasteiger charge is 2.26. The highest BCUT2D eigenvalue weighted by Crippen LogP contribution is 2.53. The van der Waals surface area contributed by atoms with Gasteiger partial charge in [-0.25, -0.2) is 0 Å². The lowest BCUT2D eigenvalue weighted by molar-refractivity contribution is 1.48. The van der Waals surface area contributed by atoms with Crippen LogP contribution in [-0.2, 0) is 0 Å². The van der Waals surface area contributed by atoms with E-state index in [0.29, 0.717) is 16.7 Å². The second-order valence-electron chi connectivity index (χ2n) is 13.4. The summed E-state index contributed by atoms with van der Waals surface area (Å²) < 4.78 is 0. The molecule has 0 fully saturated rings. The third kappa shape index (κ3) is 4.23. The summed E-state index contributed by atoms with van der Waals surface area (Å²) in [4.78, 5) is 0. The summed E-state index contributed by atoms with van der Waals surface area (Å²) in [7, 11) is 0. The van der Waals surface area contributed by atoms with Crippen molar-refractivity contribution in [1.82, 2.24) is 0 Å². The summed E-state index contributed by atoms with van der Waals surface area (Å²) in [5, 5.41) is 38.3. The lowest BCUT2D eigenvalue weighted by atomic mass is 9.86. The summed E-state index contributed by atoms with van der Waals surface area (Å²) in [6.45, 7) is 0. The van der Waals surface area contributed by atoms with Gasteiger partial charge in [0.15, 0.2) is 0 Å². The zero-order valence-corrected chi connectivity index (χ0v) is 27.8. The fraction of sp³-hybridized carbons (Fsp3) is 0. The topological polar surface area (TPSA) is 71.4 Å². The summed E-state index contributed by atoms with van der Waals surface area (Å²) in [6, 6.07) is 59.2. The van der Waals surface area contributed by atoms with Gasteiger partial charge in [-0.2, -0.15) is 15.8 Å². The molecule has 0 aliphatic heterocycles. The van der Waals surface area contributed by atoms with Gasteiger partial charge in [0.05, 0.1) is 34.9 Å². The molecule has 9 aromatic rings. The quantitative estimate of drug-likeness (QED) is 0.178. The highest BCUT2D eigenvalue weighted by atomic mass is 14.3. The number of benzene rings is 9. The summed E-state index contributed by atoms with van der Waals surface area (Å²) >= 11 is 0. The van der Waals surface area contributed by atoms with Crippen molar-refractivity contribution >= 4 is 43.1 Å². The molecular weight excluding hydrogens is 631 g/mol. The minimum atomic E-state index is 0.628. The van der Waals surface area contributed by atoms with Crippen molar-refractivity contribution in [2.45, 2.75) is 0 Å². The molecule has 236 valence electrons. The second-order valence-corrected chi connectivity index (χ2v) is 13.4. The lowest BCUT2D eigenvalue weighted by Crippen LogP contribution is -1.91. The van der Waals surface area contributed by atoms with Crippen molar-refractivity contribution in [3.8, 4) is 73.8 Å². The number of fused-ring (bicyclic) bond motifs is 8. The van der Waals surface area contributed by atoms with Crippen LogP contribution in [0.25, 0.3) is 98.7 Å². The smallest absolute Gasteiger partial charge is 0.0998 e. The molecule has 0 amide bonds. The first-order chi connectivity index (χ1) is 25.6. The number of hydrogen-bond donors (Lipinski definition) is 0. The maximum Gasteiger partial charge on any atom is 0.0998 e. The molecule has 0 spiro atoms. The molecule has 9 aromatic carbocycles. The van der Waals surface area contributed by atoms with Crippen LogP contribution in [0.5, 0.6) is 0 Å². The van der Waals surface area contributed by atoms with Crippen LogP contribution in [0.15, 0.2) is 152 Å². The van der Waals surface area contributed by atoms with E-state index in [-0.39, 0.29) is 0 Å². The minimum Gasteiger partial charge on any atom is -0.192 e. The van der Waals surface area contributed by atoms with Gasteiger partial charge in [0, 0.05) is 5.56 Å². The van der Waals surface area contributed by atoms with Crippen molar-refractivity contribution in [3.63, 3.8) is 0 Å². The molecule has 0 bridgehead atoms. The van der Waals surface area contributed by atoms with Gasteiger partial charge in [-0.15, -0.1) is 0 Å². The lowest BCUT2D eigenvalue weighted by Gasteiger charge is -2.17. The Bertz CT molecular complexity index is 3130. The highest BCUT2D eigenvalue weighted by molar-refractivity contribution is 6.27. The molecule has 3 nitrogen and oxygen atoms in total. The van der Waals surface area contributed by atoms with E-state index in [0.717, 1.165) is 71.1 Å². The largest absolute Gasteiger partial charge is 0.192 e. The van der Waals surface area contributed by atoms with Gasteiger partial charge in [-0.1, -0.05) is 97.1 Å². The van der Waals surface area contributed by atoms with Gasteiger partial charge >= 0.3 is 0 Å². The molecule has 0 saturated carbocycles. The van der Waals surface area contributed by atoms with E-state index in [9.17, 15) is 15.8 Å². The van der Waals surface area contributed by atoms with Crippen LogP contribution in [0, 0.1) is 34.0 Å². The Balaban J connectivity index is 1.32. The van der Waals surface area contributed by atoms with Crippen LogP contribution < -0.4 is 0 Å². The Morgan fingerprint density at radius 1 is 0.288 bits per heavy atom. The molecule has 1 aliphatic carbocycles. The molecule has 0 atom stereocenters. The van der Waals surface area contributed by atoms with Gasteiger partial charge in [0.2, 0.25) is 0 Å². The average Bonchev–Trinajstić information content (AvgIpc) is 3.53. The SMILES string of the molecule is N#Cc1ccc(-c2cc3c4cc5c(cc4c(-c4ccc(C#N)cc4)cc3c3ccccc23)-c2cccc3c(-c4ccccc4C#N)ccc-5c23)cc1. The zero-order valence-electron chi connectivity index (χ0n) is 27.8. The maximum atomic E-state index is 9.96. The van der Waals surface area contributed by atoms with Crippen molar-refractivity contribution in [1.29, 1.82) is 15.8 Å². The maximum absolute atomic E-state index is 9.96. The average molecular weight is 656 g/mol. The van der Waals surface area contributed by atoms with Crippen LogP contribution in [0.2, 0.25) is 0 Å². The predicted octanol–water partition coefficient (Wildman–Crippen LogP) is 12.6. The second kappa shape index (κ2) is 11.3. The summed E-state index contributed by atoms with van der Waals surface area (Å²) in [6.07, 6.45) is 0. The number of nitrogens with zero attached hydrogens (tertiary/aromatic N) is 3. The Morgan fingerprint density at radius 2 is 0.769 bits per heavy atom. The van der Waals surface area contributed by atoms with Crippen molar-refractivity contribution in [3.05, 3.63) is 168 Å². The summed E-state index contributed by atoms with van der Waals surface area (Å²) in [5.74, 6) is 0. The molecule has 1 aliphatic rings. The monoisotopic (exact) mass is 655 g/mol. The molecular formula is C49H25N3. The van der Waals surface area contributed by atoms with Gasteiger partial charge in [0.1, 0.15) is 0 Å². The predicted molar refractivity (Wildman–Crippen MR) is 211 cm³/mol. The normalized spacial score (nSPS) is 11.4. The third-order valence-corrected chi connectivity index (χ3v) is 10.7. The minimum absolute atomic E-state index is 0.628. The number of nitriles is 3. The third-order valence-electron chi connectivity index (χ3n) is 10.7. The first-order valence-corrected chi connectivity index (χ1v) is 17.2. The van der Waals surface area contributed by atoms with Crippen LogP contribution in [0.3, 0.4) is 0 Å². The summed E-state index contributed by atoms with van der Waals surface area (Å²) in [5.41, 5.74) is 13.0. The Morgan fingerprint density at radius 3 is 1.44 bits per heavy atom. The first kappa shape index (κ1) is 29.4. The van der Waals surface area contributed by atoms with E-state index in [4.69, 9.17) is 0 Å². The van der Waals surface area contributed by atoms with E-state index in [1.54, 1.807) is 0 Å². The fourth-order valence-electron chi connectivity index (χ4n) is 8.32.